The number of nitrogen functional groups attached to an aromatic ring is 1. The zero-order valence-corrected chi connectivity index (χ0v) is 10.7. The zero-order chi connectivity index (χ0) is 14.0. The van der Waals surface area contributed by atoms with Gasteiger partial charge in [0.25, 0.3) is 5.91 Å². The molecule has 0 radical (unpaired) electrons. The lowest BCUT2D eigenvalue weighted by Gasteiger charge is -2.17. The SMILES string of the molecule is Cc1cc(C(=O)N(C)c2ccc(F)cc2)cc(N)n1. The standard InChI is InChI=1S/C14H14FN3O/c1-9-7-10(8-13(16)17-9)14(19)18(2)12-5-3-11(15)4-6-12/h3-8H,1-2H3,(H2,16,17). The number of aromatic nitrogens is 1. The molecule has 5 heteroatoms. The summed E-state index contributed by atoms with van der Waals surface area (Å²) in [6.45, 7) is 1.77. The topological polar surface area (TPSA) is 59.2 Å². The maximum Gasteiger partial charge on any atom is 0.258 e. The van der Waals surface area contributed by atoms with Crippen molar-refractivity contribution in [3.63, 3.8) is 0 Å². The van der Waals surface area contributed by atoms with Crippen LogP contribution in [0, 0.1) is 12.7 Å². The molecule has 98 valence electrons. The summed E-state index contributed by atoms with van der Waals surface area (Å²) in [5.74, 6) is -0.256. The van der Waals surface area contributed by atoms with Crippen molar-refractivity contribution in [1.82, 2.24) is 4.98 Å². The van der Waals surface area contributed by atoms with Crippen molar-refractivity contribution in [2.24, 2.45) is 0 Å². The van der Waals surface area contributed by atoms with Crippen molar-refractivity contribution in [3.05, 3.63) is 53.5 Å². The lowest BCUT2D eigenvalue weighted by atomic mass is 10.2. The number of hydrogen-bond acceptors (Lipinski definition) is 3. The van der Waals surface area contributed by atoms with Crippen LogP contribution in [0.3, 0.4) is 0 Å². The largest absolute Gasteiger partial charge is 0.384 e. The lowest BCUT2D eigenvalue weighted by molar-refractivity contribution is 0.0993. The van der Waals surface area contributed by atoms with Crippen molar-refractivity contribution in [1.29, 1.82) is 0 Å². The van der Waals surface area contributed by atoms with Gasteiger partial charge in [-0.05, 0) is 43.3 Å². The Morgan fingerprint density at radius 3 is 2.47 bits per heavy atom. The van der Waals surface area contributed by atoms with Crippen molar-refractivity contribution in [3.8, 4) is 0 Å². The highest BCUT2D eigenvalue weighted by Gasteiger charge is 2.14. The number of nitrogens with zero attached hydrogens (tertiary/aromatic N) is 2. The molecular formula is C14H14FN3O. The Morgan fingerprint density at radius 1 is 1.26 bits per heavy atom. The highest BCUT2D eigenvalue weighted by Crippen LogP contribution is 2.17. The van der Waals surface area contributed by atoms with Crippen LogP contribution in [0.4, 0.5) is 15.9 Å². The Labute approximate surface area is 110 Å². The van der Waals surface area contributed by atoms with Gasteiger partial charge in [-0.25, -0.2) is 9.37 Å². The minimum Gasteiger partial charge on any atom is -0.384 e. The van der Waals surface area contributed by atoms with Crippen molar-refractivity contribution in [2.45, 2.75) is 6.92 Å². The molecule has 0 bridgehead atoms. The van der Waals surface area contributed by atoms with Gasteiger partial charge >= 0.3 is 0 Å². The monoisotopic (exact) mass is 259 g/mol. The molecule has 0 saturated heterocycles. The molecule has 0 aliphatic carbocycles. The Bertz CT molecular complexity index is 590. The minimum absolute atomic E-state index is 0.219. The Kier molecular flexibility index (Phi) is 3.46. The van der Waals surface area contributed by atoms with Gasteiger partial charge in [0, 0.05) is 24.0 Å². The minimum atomic E-state index is -0.339. The van der Waals surface area contributed by atoms with Crippen LogP contribution in [-0.2, 0) is 0 Å². The van der Waals surface area contributed by atoms with Gasteiger partial charge in [-0.3, -0.25) is 4.79 Å². The third kappa shape index (κ3) is 2.88. The van der Waals surface area contributed by atoms with Crippen LogP contribution in [0.5, 0.6) is 0 Å². The second-order valence-corrected chi connectivity index (χ2v) is 4.26. The van der Waals surface area contributed by atoms with E-state index in [1.165, 1.54) is 23.1 Å². The molecule has 0 aliphatic rings. The average molecular weight is 259 g/mol. The molecule has 4 nitrogen and oxygen atoms in total. The van der Waals surface area contributed by atoms with Gasteiger partial charge in [0.2, 0.25) is 0 Å². The third-order valence-corrected chi connectivity index (χ3v) is 2.74. The van der Waals surface area contributed by atoms with Crippen LogP contribution in [-0.4, -0.2) is 17.9 Å². The van der Waals surface area contributed by atoms with Crippen molar-refractivity contribution in [2.75, 3.05) is 17.7 Å². The first-order valence-electron chi connectivity index (χ1n) is 5.75. The van der Waals surface area contributed by atoms with Crippen molar-refractivity contribution >= 4 is 17.4 Å². The van der Waals surface area contributed by atoms with E-state index in [4.69, 9.17) is 5.73 Å². The summed E-state index contributed by atoms with van der Waals surface area (Å²) in [6, 6.07) is 8.90. The summed E-state index contributed by atoms with van der Waals surface area (Å²) in [7, 11) is 1.63. The lowest BCUT2D eigenvalue weighted by Crippen LogP contribution is -2.26. The van der Waals surface area contributed by atoms with Crippen LogP contribution in [0.15, 0.2) is 36.4 Å². The second-order valence-electron chi connectivity index (χ2n) is 4.26. The van der Waals surface area contributed by atoms with Crippen molar-refractivity contribution < 1.29 is 9.18 Å². The van der Waals surface area contributed by atoms with Gasteiger partial charge in [0.15, 0.2) is 0 Å². The Hall–Kier alpha value is -2.43. The third-order valence-electron chi connectivity index (χ3n) is 2.74. The van der Waals surface area contributed by atoms with E-state index in [0.29, 0.717) is 22.8 Å². The molecule has 0 spiro atoms. The summed E-state index contributed by atoms with van der Waals surface area (Å²) in [4.78, 5) is 17.7. The van der Waals surface area contributed by atoms with Gasteiger partial charge in [-0.1, -0.05) is 0 Å². The highest BCUT2D eigenvalue weighted by atomic mass is 19.1. The van der Waals surface area contributed by atoms with Crippen LogP contribution >= 0.6 is 0 Å². The van der Waals surface area contributed by atoms with E-state index < -0.39 is 0 Å². The van der Waals surface area contributed by atoms with Gasteiger partial charge in [0.05, 0.1) is 0 Å². The van der Waals surface area contributed by atoms with Gasteiger partial charge in [0.1, 0.15) is 11.6 Å². The normalized spacial score (nSPS) is 10.3. The molecule has 2 rings (SSSR count). The molecule has 1 amide bonds. The Balaban J connectivity index is 2.30. The molecule has 1 aromatic carbocycles. The second kappa shape index (κ2) is 5.06. The number of halogens is 1. The quantitative estimate of drug-likeness (QED) is 0.900. The maximum atomic E-state index is 12.9. The Morgan fingerprint density at radius 2 is 1.89 bits per heavy atom. The fourth-order valence-electron chi connectivity index (χ4n) is 1.79. The number of pyridine rings is 1. The first kappa shape index (κ1) is 13.0. The van der Waals surface area contributed by atoms with Crippen LogP contribution in [0.25, 0.3) is 0 Å². The highest BCUT2D eigenvalue weighted by molar-refractivity contribution is 6.06. The molecule has 0 unspecified atom stereocenters. The summed E-state index contributed by atoms with van der Waals surface area (Å²) in [6.07, 6.45) is 0. The summed E-state index contributed by atoms with van der Waals surface area (Å²) >= 11 is 0. The van der Waals surface area contributed by atoms with E-state index in [1.807, 2.05) is 0 Å². The molecule has 0 fully saturated rings. The summed E-state index contributed by atoms with van der Waals surface area (Å²) < 4.78 is 12.9. The van der Waals surface area contributed by atoms with E-state index in [0.717, 1.165) is 0 Å². The zero-order valence-electron chi connectivity index (χ0n) is 10.7. The predicted octanol–water partition coefficient (Wildman–Crippen LogP) is 2.39. The number of carbonyl (C=O) groups excluding carboxylic acids is 1. The number of benzene rings is 1. The molecule has 0 atom stereocenters. The number of hydrogen-bond donors (Lipinski definition) is 1. The summed E-state index contributed by atoms with van der Waals surface area (Å²) in [5, 5.41) is 0. The fourth-order valence-corrected chi connectivity index (χ4v) is 1.79. The van der Waals surface area contributed by atoms with Crippen LogP contribution in [0.1, 0.15) is 16.1 Å². The van der Waals surface area contributed by atoms with Gasteiger partial charge < -0.3 is 10.6 Å². The number of aryl methyl sites for hydroxylation is 1. The molecule has 1 heterocycles. The van der Waals surface area contributed by atoms with E-state index in [1.54, 1.807) is 32.2 Å². The number of nitrogens with two attached hydrogens (primary N) is 1. The molecule has 1 aromatic heterocycles. The van der Waals surface area contributed by atoms with E-state index >= 15 is 0 Å². The maximum absolute atomic E-state index is 12.9. The number of anilines is 2. The first-order chi connectivity index (χ1) is 8.97. The average Bonchev–Trinajstić information content (AvgIpc) is 2.37. The van der Waals surface area contributed by atoms with Gasteiger partial charge in [-0.15, -0.1) is 0 Å². The molecular weight excluding hydrogens is 245 g/mol. The van der Waals surface area contributed by atoms with E-state index in [9.17, 15) is 9.18 Å². The first-order valence-corrected chi connectivity index (χ1v) is 5.75. The molecule has 2 aromatic rings. The predicted molar refractivity (Wildman–Crippen MR) is 72.5 cm³/mol. The molecule has 0 aliphatic heterocycles. The van der Waals surface area contributed by atoms with Gasteiger partial charge in [-0.2, -0.15) is 0 Å². The number of rotatable bonds is 2. The summed E-state index contributed by atoms with van der Waals surface area (Å²) in [5.41, 5.74) is 7.37. The van der Waals surface area contributed by atoms with Crippen LogP contribution < -0.4 is 10.6 Å². The fraction of sp³-hybridized carbons (Fsp3) is 0.143. The number of carbonyl (C=O) groups is 1. The van der Waals surface area contributed by atoms with E-state index in [-0.39, 0.29) is 11.7 Å². The molecule has 2 N–H and O–H groups in total. The molecule has 19 heavy (non-hydrogen) atoms. The number of amides is 1. The van der Waals surface area contributed by atoms with Crippen LogP contribution in [0.2, 0.25) is 0 Å². The molecule has 0 saturated carbocycles. The van der Waals surface area contributed by atoms with E-state index in [2.05, 4.69) is 4.98 Å². The smallest absolute Gasteiger partial charge is 0.258 e.